The Morgan fingerprint density at radius 2 is 1.79 bits per heavy atom. The number of hydrogen-bond donors (Lipinski definition) is 1. The van der Waals surface area contributed by atoms with Crippen LogP contribution in [0.4, 0.5) is 0 Å². The molecule has 1 aliphatic carbocycles. The maximum atomic E-state index is 10.8. The molecular formula is C27H26N2O5. The number of carboxylic acids is 1. The van der Waals surface area contributed by atoms with Crippen LogP contribution in [0.15, 0.2) is 84.1 Å². The number of ether oxygens (including phenoxy) is 2. The number of oxime groups is 1. The molecule has 0 fully saturated rings. The molecule has 174 valence electrons. The molecule has 1 unspecified atom stereocenters. The molecule has 0 spiro atoms. The first kappa shape index (κ1) is 24.3. The topological polar surface area (TPSA) is 101 Å². The van der Waals surface area contributed by atoms with Gasteiger partial charge in [-0.1, -0.05) is 48.5 Å². The number of nitriles is 1. The van der Waals surface area contributed by atoms with E-state index >= 15 is 0 Å². The van der Waals surface area contributed by atoms with Gasteiger partial charge in [-0.3, -0.25) is 0 Å². The van der Waals surface area contributed by atoms with Crippen LogP contribution in [0.5, 0.6) is 11.5 Å². The Bertz CT molecular complexity index is 1160. The van der Waals surface area contributed by atoms with Crippen molar-refractivity contribution in [3.8, 4) is 17.6 Å². The molecule has 2 aromatic rings. The smallest absolute Gasteiger partial charge is 0.329 e. The molecule has 3 rings (SSSR count). The van der Waals surface area contributed by atoms with Crippen molar-refractivity contribution in [3.63, 3.8) is 0 Å². The van der Waals surface area contributed by atoms with Crippen molar-refractivity contribution in [1.82, 2.24) is 0 Å². The summed E-state index contributed by atoms with van der Waals surface area (Å²) in [6.45, 7) is 2.76. The maximum Gasteiger partial charge on any atom is 0.329 e. The van der Waals surface area contributed by atoms with Gasteiger partial charge in [0.25, 0.3) is 0 Å². The Morgan fingerprint density at radius 1 is 1.12 bits per heavy atom. The summed E-state index contributed by atoms with van der Waals surface area (Å²) in [6, 6.07) is 16.2. The summed E-state index contributed by atoms with van der Waals surface area (Å²) >= 11 is 0. The first-order valence-electron chi connectivity index (χ1n) is 10.7. The van der Waals surface area contributed by atoms with Crippen LogP contribution >= 0.6 is 0 Å². The minimum absolute atomic E-state index is 0.0818. The van der Waals surface area contributed by atoms with E-state index in [9.17, 15) is 4.79 Å². The van der Waals surface area contributed by atoms with Crippen molar-refractivity contribution < 1.29 is 24.2 Å². The first-order chi connectivity index (χ1) is 16.4. The van der Waals surface area contributed by atoms with E-state index in [1.807, 2.05) is 42.5 Å². The zero-order valence-electron chi connectivity index (χ0n) is 19.1. The normalized spacial score (nSPS) is 17.7. The van der Waals surface area contributed by atoms with Gasteiger partial charge in [0.15, 0.2) is 0 Å². The van der Waals surface area contributed by atoms with Crippen LogP contribution in [0, 0.1) is 16.7 Å². The summed E-state index contributed by atoms with van der Waals surface area (Å²) in [5, 5.41) is 22.1. The van der Waals surface area contributed by atoms with Crippen molar-refractivity contribution in [1.29, 1.82) is 5.26 Å². The first-order valence-corrected chi connectivity index (χ1v) is 10.7. The number of aliphatic carboxylic acids is 1. The Morgan fingerprint density at radius 3 is 2.38 bits per heavy atom. The Labute approximate surface area is 198 Å². The lowest BCUT2D eigenvalue weighted by Crippen LogP contribution is -2.31. The van der Waals surface area contributed by atoms with Crippen LogP contribution in [0.3, 0.4) is 0 Å². The van der Waals surface area contributed by atoms with Gasteiger partial charge in [0.05, 0.1) is 5.57 Å². The van der Waals surface area contributed by atoms with Crippen molar-refractivity contribution in [2.45, 2.75) is 20.0 Å². The zero-order chi connectivity index (χ0) is 24.4. The molecule has 34 heavy (non-hydrogen) atoms. The molecule has 0 bridgehead atoms. The van der Waals surface area contributed by atoms with E-state index in [2.05, 4.69) is 24.2 Å². The van der Waals surface area contributed by atoms with Crippen LogP contribution < -0.4 is 9.47 Å². The number of allylic oxidation sites excluding steroid dienone is 5. The zero-order valence-corrected chi connectivity index (χ0v) is 19.1. The van der Waals surface area contributed by atoms with Crippen LogP contribution in [0.1, 0.15) is 24.5 Å². The molecule has 1 atom stereocenters. The molecule has 0 radical (unpaired) electrons. The summed E-state index contributed by atoms with van der Waals surface area (Å²) < 4.78 is 11.7. The van der Waals surface area contributed by atoms with Gasteiger partial charge < -0.3 is 19.4 Å². The molecule has 0 heterocycles. The Kier molecular flexibility index (Phi) is 8.25. The summed E-state index contributed by atoms with van der Waals surface area (Å²) in [5.74, 6) is 0.161. The maximum absolute atomic E-state index is 10.8. The van der Waals surface area contributed by atoms with Gasteiger partial charge in [0.2, 0.25) is 0 Å². The van der Waals surface area contributed by atoms with Gasteiger partial charge in [0, 0.05) is 11.5 Å². The third-order valence-corrected chi connectivity index (χ3v) is 5.37. The summed E-state index contributed by atoms with van der Waals surface area (Å²) in [7, 11) is 1.53. The molecule has 2 aromatic carbocycles. The summed E-state index contributed by atoms with van der Waals surface area (Å²) in [6.07, 6.45) is 9.94. The third kappa shape index (κ3) is 6.59. The average Bonchev–Trinajstić information content (AvgIpc) is 2.85. The molecule has 1 aliphatic rings. The van der Waals surface area contributed by atoms with Crippen molar-refractivity contribution in [2.75, 3.05) is 13.7 Å². The van der Waals surface area contributed by atoms with Gasteiger partial charge in [-0.25, -0.2) is 4.79 Å². The lowest BCUT2D eigenvalue weighted by atomic mass is 9.79. The lowest BCUT2D eigenvalue weighted by molar-refractivity contribution is -0.131. The molecule has 7 heteroatoms. The molecule has 7 nitrogen and oxygen atoms in total. The van der Waals surface area contributed by atoms with Crippen LogP contribution in [0.25, 0.3) is 5.57 Å². The molecule has 0 amide bonds. The second-order valence-electron chi connectivity index (χ2n) is 7.88. The molecule has 0 aliphatic heterocycles. The fourth-order valence-electron chi connectivity index (χ4n) is 3.38. The molecule has 1 N–H and O–H groups in total. The second kappa shape index (κ2) is 11.5. The van der Waals surface area contributed by atoms with E-state index in [-0.39, 0.29) is 11.0 Å². The SMILES string of the molecule is CO/N=C(\COc1ccc(COc2ccc(/C(C#N)=C/C(=O)O)cc2)cc1)C1(C)C=CC=CC1. The summed E-state index contributed by atoms with van der Waals surface area (Å²) in [5.41, 5.74) is 2.12. The minimum atomic E-state index is -1.16. The van der Waals surface area contributed by atoms with E-state index in [4.69, 9.17) is 24.7 Å². The van der Waals surface area contributed by atoms with E-state index in [0.29, 0.717) is 30.3 Å². The van der Waals surface area contributed by atoms with Gasteiger partial charge in [-0.05, 0) is 53.9 Å². The van der Waals surface area contributed by atoms with E-state index < -0.39 is 5.97 Å². The second-order valence-corrected chi connectivity index (χ2v) is 7.88. The van der Waals surface area contributed by atoms with Crippen LogP contribution in [-0.4, -0.2) is 30.5 Å². The Balaban J connectivity index is 1.55. The standard InChI is InChI=1S/C27H26N2O5/c1-27(14-4-3-5-15-27)25(29-32-2)19-34-23-10-6-20(7-11-23)18-33-24-12-8-21(9-13-24)22(17-28)16-26(30)31/h3-14,16H,15,18-19H2,1-2H3,(H,30,31)/b22-16+,29-25+. The van der Waals surface area contributed by atoms with Crippen LogP contribution in [0.2, 0.25) is 0 Å². The minimum Gasteiger partial charge on any atom is -0.489 e. The van der Waals surface area contributed by atoms with Gasteiger partial charge in [-0.15, -0.1) is 0 Å². The number of hydrogen-bond acceptors (Lipinski definition) is 6. The van der Waals surface area contributed by atoms with Crippen molar-refractivity contribution in [2.24, 2.45) is 10.6 Å². The monoisotopic (exact) mass is 458 g/mol. The van der Waals surface area contributed by atoms with Crippen LogP contribution in [-0.2, 0) is 16.2 Å². The number of benzene rings is 2. The van der Waals surface area contributed by atoms with Gasteiger partial charge in [0.1, 0.15) is 43.6 Å². The highest BCUT2D eigenvalue weighted by atomic mass is 16.6. The predicted molar refractivity (Wildman–Crippen MR) is 129 cm³/mol. The lowest BCUT2D eigenvalue weighted by Gasteiger charge is -2.27. The number of carbonyl (C=O) groups is 1. The van der Waals surface area contributed by atoms with Crippen molar-refractivity contribution in [3.05, 3.63) is 90.0 Å². The quantitative estimate of drug-likeness (QED) is 0.228. The van der Waals surface area contributed by atoms with Crippen molar-refractivity contribution >= 4 is 17.3 Å². The average molecular weight is 459 g/mol. The molecule has 0 saturated carbocycles. The highest BCUT2D eigenvalue weighted by Gasteiger charge is 2.29. The Hall–Kier alpha value is -4.31. The molecular weight excluding hydrogens is 432 g/mol. The molecule has 0 aromatic heterocycles. The van der Waals surface area contributed by atoms with E-state index in [1.54, 1.807) is 24.3 Å². The highest BCUT2D eigenvalue weighted by molar-refractivity contribution is 5.94. The predicted octanol–water partition coefficient (Wildman–Crippen LogP) is 5.16. The molecule has 0 saturated heterocycles. The number of nitrogens with zero attached hydrogens (tertiary/aromatic N) is 2. The number of rotatable bonds is 10. The largest absolute Gasteiger partial charge is 0.489 e. The number of carboxylic acid groups (broad SMARTS) is 1. The van der Waals surface area contributed by atoms with Gasteiger partial charge in [-0.2, -0.15) is 5.26 Å². The highest BCUT2D eigenvalue weighted by Crippen LogP contribution is 2.30. The van der Waals surface area contributed by atoms with Gasteiger partial charge >= 0.3 is 5.97 Å². The summed E-state index contributed by atoms with van der Waals surface area (Å²) in [4.78, 5) is 15.8. The fourth-order valence-corrected chi connectivity index (χ4v) is 3.38. The third-order valence-electron chi connectivity index (χ3n) is 5.37. The fraction of sp³-hybridized carbons (Fsp3) is 0.222. The van der Waals surface area contributed by atoms with E-state index in [1.165, 1.54) is 7.11 Å². The van der Waals surface area contributed by atoms with E-state index in [0.717, 1.165) is 23.8 Å².